The summed E-state index contributed by atoms with van der Waals surface area (Å²) in [4.78, 5) is 12.7. The van der Waals surface area contributed by atoms with Crippen LogP contribution < -0.4 is 5.32 Å². The second kappa shape index (κ2) is 9.23. The van der Waals surface area contributed by atoms with E-state index in [4.69, 9.17) is 16.7 Å². The third-order valence-corrected chi connectivity index (χ3v) is 3.94. The van der Waals surface area contributed by atoms with E-state index < -0.39 is 0 Å². The fourth-order valence-corrected chi connectivity index (χ4v) is 2.37. The maximum atomic E-state index is 11.5. The number of carbonyl (C=O) groups excluding carboxylic acids is 1. The van der Waals surface area contributed by atoms with Gasteiger partial charge in [0.05, 0.1) is 0 Å². The highest BCUT2D eigenvalue weighted by atomic mass is 35.5. The third kappa shape index (κ3) is 7.45. The van der Waals surface area contributed by atoms with Gasteiger partial charge in [0.2, 0.25) is 5.91 Å². The fraction of sp³-hybridized carbons (Fsp3) is 0.500. The zero-order chi connectivity index (χ0) is 14.1. The number of halogens is 1. The summed E-state index contributed by atoms with van der Waals surface area (Å²) in [5, 5.41) is 12.4. The minimum atomic E-state index is 0.0528. The molecule has 0 aliphatic carbocycles. The van der Waals surface area contributed by atoms with E-state index in [0.29, 0.717) is 13.0 Å². The van der Waals surface area contributed by atoms with Crippen LogP contribution in [0.15, 0.2) is 29.2 Å². The van der Waals surface area contributed by atoms with Crippen LogP contribution in [0.1, 0.15) is 19.8 Å². The maximum Gasteiger partial charge on any atom is 0.220 e. The Morgan fingerprint density at radius 1 is 1.42 bits per heavy atom. The molecule has 0 aromatic heterocycles. The van der Waals surface area contributed by atoms with Gasteiger partial charge in [0.15, 0.2) is 0 Å². The van der Waals surface area contributed by atoms with Crippen molar-refractivity contribution >= 4 is 29.3 Å². The SMILES string of the molecule is CC(CO)CNC(=O)CCCSc1ccc(Cl)cc1. The molecule has 1 amide bonds. The first-order valence-corrected chi connectivity index (χ1v) is 7.74. The van der Waals surface area contributed by atoms with Crippen LogP contribution in [0.25, 0.3) is 0 Å². The summed E-state index contributed by atoms with van der Waals surface area (Å²) in [5.74, 6) is 1.08. The highest BCUT2D eigenvalue weighted by Crippen LogP contribution is 2.21. The van der Waals surface area contributed by atoms with Crippen molar-refractivity contribution in [2.75, 3.05) is 18.9 Å². The number of benzene rings is 1. The average molecular weight is 302 g/mol. The van der Waals surface area contributed by atoms with Gasteiger partial charge in [0.1, 0.15) is 0 Å². The highest BCUT2D eigenvalue weighted by molar-refractivity contribution is 7.99. The van der Waals surface area contributed by atoms with E-state index in [1.54, 1.807) is 11.8 Å². The zero-order valence-corrected chi connectivity index (χ0v) is 12.6. The molecule has 5 heteroatoms. The fourth-order valence-electron chi connectivity index (χ4n) is 1.39. The number of nitrogens with one attached hydrogen (secondary N) is 1. The van der Waals surface area contributed by atoms with Crippen molar-refractivity contribution in [1.82, 2.24) is 5.32 Å². The molecule has 3 nitrogen and oxygen atoms in total. The number of thioether (sulfide) groups is 1. The zero-order valence-electron chi connectivity index (χ0n) is 11.1. The normalized spacial score (nSPS) is 12.2. The van der Waals surface area contributed by atoms with Crippen LogP contribution in [0.2, 0.25) is 5.02 Å². The summed E-state index contributed by atoms with van der Waals surface area (Å²) in [6, 6.07) is 7.70. The number of hydrogen-bond acceptors (Lipinski definition) is 3. The van der Waals surface area contributed by atoms with E-state index in [0.717, 1.165) is 17.2 Å². The topological polar surface area (TPSA) is 49.3 Å². The number of rotatable bonds is 8. The summed E-state index contributed by atoms with van der Waals surface area (Å²) in [6.45, 7) is 2.54. The predicted octanol–water partition coefficient (Wildman–Crippen LogP) is 2.96. The van der Waals surface area contributed by atoms with Gasteiger partial charge in [0, 0.05) is 29.5 Å². The summed E-state index contributed by atoms with van der Waals surface area (Å²) >= 11 is 7.53. The molecular weight excluding hydrogens is 282 g/mol. The van der Waals surface area contributed by atoms with Crippen molar-refractivity contribution in [2.24, 2.45) is 5.92 Å². The molecule has 1 aromatic carbocycles. The lowest BCUT2D eigenvalue weighted by atomic mass is 10.2. The molecule has 0 saturated carbocycles. The van der Waals surface area contributed by atoms with Crippen LogP contribution in [0, 0.1) is 5.92 Å². The second-order valence-corrected chi connectivity index (χ2v) is 6.10. The molecule has 19 heavy (non-hydrogen) atoms. The smallest absolute Gasteiger partial charge is 0.220 e. The van der Waals surface area contributed by atoms with Crippen molar-refractivity contribution in [3.05, 3.63) is 29.3 Å². The molecule has 0 fully saturated rings. The molecule has 106 valence electrons. The molecule has 0 heterocycles. The first-order valence-electron chi connectivity index (χ1n) is 6.37. The third-order valence-electron chi connectivity index (χ3n) is 2.59. The standard InChI is InChI=1S/C14H20ClNO2S/c1-11(10-17)9-16-14(18)3-2-8-19-13-6-4-12(15)5-7-13/h4-7,11,17H,2-3,8-10H2,1H3,(H,16,18). The lowest BCUT2D eigenvalue weighted by Crippen LogP contribution is -2.29. The Bertz CT molecular complexity index is 384. The van der Waals surface area contributed by atoms with Gasteiger partial charge in [-0.05, 0) is 42.4 Å². The van der Waals surface area contributed by atoms with E-state index in [1.165, 1.54) is 4.90 Å². The van der Waals surface area contributed by atoms with Crippen molar-refractivity contribution in [1.29, 1.82) is 0 Å². The monoisotopic (exact) mass is 301 g/mol. The molecule has 0 aliphatic heterocycles. The Morgan fingerprint density at radius 3 is 2.74 bits per heavy atom. The van der Waals surface area contributed by atoms with Crippen LogP contribution in [-0.2, 0) is 4.79 Å². The van der Waals surface area contributed by atoms with Crippen molar-refractivity contribution < 1.29 is 9.90 Å². The molecule has 1 rings (SSSR count). The van der Waals surface area contributed by atoms with Crippen LogP contribution in [0.3, 0.4) is 0 Å². The quantitative estimate of drug-likeness (QED) is 0.573. The van der Waals surface area contributed by atoms with E-state index in [9.17, 15) is 4.79 Å². The van der Waals surface area contributed by atoms with Gasteiger partial charge in [-0.25, -0.2) is 0 Å². The van der Waals surface area contributed by atoms with E-state index >= 15 is 0 Å². The summed E-state index contributed by atoms with van der Waals surface area (Å²) in [5.41, 5.74) is 0. The molecule has 1 aromatic rings. The van der Waals surface area contributed by atoms with Crippen LogP contribution in [0.4, 0.5) is 0 Å². The van der Waals surface area contributed by atoms with Gasteiger partial charge in [-0.15, -0.1) is 11.8 Å². The van der Waals surface area contributed by atoms with Crippen molar-refractivity contribution in [3.63, 3.8) is 0 Å². The van der Waals surface area contributed by atoms with E-state index in [-0.39, 0.29) is 18.4 Å². The molecule has 1 unspecified atom stereocenters. The number of amides is 1. The largest absolute Gasteiger partial charge is 0.396 e. The first kappa shape index (κ1) is 16.3. The molecule has 1 atom stereocenters. The Hall–Kier alpha value is -0.710. The van der Waals surface area contributed by atoms with Gasteiger partial charge in [0.25, 0.3) is 0 Å². The number of aliphatic hydroxyl groups is 1. The average Bonchev–Trinajstić information content (AvgIpc) is 2.42. The molecule has 0 saturated heterocycles. The van der Waals surface area contributed by atoms with Crippen LogP contribution in [0.5, 0.6) is 0 Å². The number of carbonyl (C=O) groups is 1. The van der Waals surface area contributed by atoms with Crippen molar-refractivity contribution in [2.45, 2.75) is 24.7 Å². The highest BCUT2D eigenvalue weighted by Gasteiger charge is 2.04. The van der Waals surface area contributed by atoms with Gasteiger partial charge in [-0.1, -0.05) is 18.5 Å². The second-order valence-electron chi connectivity index (χ2n) is 4.50. The Labute approximate surface area is 123 Å². The van der Waals surface area contributed by atoms with Gasteiger partial charge in [-0.3, -0.25) is 4.79 Å². The van der Waals surface area contributed by atoms with E-state index in [2.05, 4.69) is 5.32 Å². The predicted molar refractivity (Wildman–Crippen MR) is 80.7 cm³/mol. The Morgan fingerprint density at radius 2 is 2.11 bits per heavy atom. The molecule has 0 radical (unpaired) electrons. The number of aliphatic hydroxyl groups excluding tert-OH is 1. The van der Waals surface area contributed by atoms with Crippen LogP contribution >= 0.6 is 23.4 Å². The Balaban J connectivity index is 2.10. The van der Waals surface area contributed by atoms with Crippen LogP contribution in [-0.4, -0.2) is 29.9 Å². The summed E-state index contributed by atoms with van der Waals surface area (Å²) in [7, 11) is 0. The molecular formula is C14H20ClNO2S. The summed E-state index contributed by atoms with van der Waals surface area (Å²) in [6.07, 6.45) is 1.37. The van der Waals surface area contributed by atoms with Gasteiger partial charge < -0.3 is 10.4 Å². The van der Waals surface area contributed by atoms with E-state index in [1.807, 2.05) is 31.2 Å². The maximum absolute atomic E-state index is 11.5. The lowest BCUT2D eigenvalue weighted by molar-refractivity contribution is -0.121. The first-order chi connectivity index (χ1) is 9.11. The van der Waals surface area contributed by atoms with Gasteiger partial charge >= 0.3 is 0 Å². The molecule has 0 bridgehead atoms. The lowest BCUT2D eigenvalue weighted by Gasteiger charge is -2.09. The van der Waals surface area contributed by atoms with Gasteiger partial charge in [-0.2, -0.15) is 0 Å². The summed E-state index contributed by atoms with van der Waals surface area (Å²) < 4.78 is 0. The van der Waals surface area contributed by atoms with Crippen molar-refractivity contribution in [3.8, 4) is 0 Å². The number of hydrogen-bond donors (Lipinski definition) is 2. The Kier molecular flexibility index (Phi) is 7.94. The molecule has 2 N–H and O–H groups in total. The minimum absolute atomic E-state index is 0.0528. The molecule has 0 aliphatic rings. The minimum Gasteiger partial charge on any atom is -0.396 e. The molecule has 0 spiro atoms.